The molecule has 3 rings (SSSR count). The van der Waals surface area contributed by atoms with Crippen LogP contribution in [-0.4, -0.2) is 34.9 Å². The zero-order valence-electron chi connectivity index (χ0n) is 18.5. The van der Waals surface area contributed by atoms with E-state index in [1.165, 1.54) is 17.3 Å². The Morgan fingerprint density at radius 2 is 1.84 bits per heavy atom. The third kappa shape index (κ3) is 5.95. The van der Waals surface area contributed by atoms with Gasteiger partial charge >= 0.3 is 0 Å². The predicted molar refractivity (Wildman–Crippen MR) is 127 cm³/mol. The lowest BCUT2D eigenvalue weighted by Crippen LogP contribution is -2.25. The van der Waals surface area contributed by atoms with E-state index in [-0.39, 0.29) is 22.6 Å². The molecule has 0 aliphatic heterocycles. The third-order valence-corrected chi connectivity index (χ3v) is 5.90. The molecule has 6 nitrogen and oxygen atoms in total. The Balaban J connectivity index is 1.73. The molecule has 1 aromatic heterocycles. The van der Waals surface area contributed by atoms with Gasteiger partial charge in [-0.1, -0.05) is 56.8 Å². The van der Waals surface area contributed by atoms with E-state index in [0.29, 0.717) is 35.6 Å². The summed E-state index contributed by atoms with van der Waals surface area (Å²) in [6, 6.07) is 15.2. The number of ether oxygens (including phenoxy) is 1. The molecule has 31 heavy (non-hydrogen) atoms. The molecule has 0 saturated carbocycles. The molecule has 1 heterocycles. The van der Waals surface area contributed by atoms with Crippen molar-refractivity contribution in [3.63, 3.8) is 0 Å². The Bertz CT molecular complexity index is 1100. The summed E-state index contributed by atoms with van der Waals surface area (Å²) in [7, 11) is 1.63. The first-order valence-electron chi connectivity index (χ1n) is 10.3. The maximum atomic E-state index is 13.0. The van der Waals surface area contributed by atoms with Crippen molar-refractivity contribution in [1.82, 2.24) is 9.55 Å². The van der Waals surface area contributed by atoms with Crippen LogP contribution >= 0.6 is 11.8 Å². The number of aromatic nitrogens is 2. The van der Waals surface area contributed by atoms with E-state index in [0.717, 1.165) is 5.69 Å². The van der Waals surface area contributed by atoms with Crippen LogP contribution in [0.5, 0.6) is 0 Å². The van der Waals surface area contributed by atoms with Gasteiger partial charge in [0.15, 0.2) is 5.16 Å². The normalized spacial score (nSPS) is 11.6. The van der Waals surface area contributed by atoms with Gasteiger partial charge in [-0.05, 0) is 41.7 Å². The lowest BCUT2D eigenvalue weighted by molar-refractivity contribution is -0.113. The lowest BCUT2D eigenvalue weighted by Gasteiger charge is -2.19. The van der Waals surface area contributed by atoms with Gasteiger partial charge in [-0.2, -0.15) is 0 Å². The summed E-state index contributed by atoms with van der Waals surface area (Å²) in [5.74, 6) is 0.0233. The van der Waals surface area contributed by atoms with Crippen LogP contribution in [0.2, 0.25) is 0 Å². The summed E-state index contributed by atoms with van der Waals surface area (Å²) < 4.78 is 6.75. The van der Waals surface area contributed by atoms with Gasteiger partial charge in [0.05, 0.1) is 16.7 Å². The maximum absolute atomic E-state index is 13.0. The third-order valence-electron chi connectivity index (χ3n) is 4.92. The zero-order valence-corrected chi connectivity index (χ0v) is 19.3. The molecule has 0 spiro atoms. The summed E-state index contributed by atoms with van der Waals surface area (Å²) in [6.07, 6.45) is 0.691. The van der Waals surface area contributed by atoms with Gasteiger partial charge in [0.2, 0.25) is 5.91 Å². The van der Waals surface area contributed by atoms with Crippen molar-refractivity contribution >= 4 is 34.3 Å². The number of amides is 1. The van der Waals surface area contributed by atoms with Crippen LogP contribution in [0.15, 0.2) is 58.5 Å². The monoisotopic (exact) mass is 439 g/mol. The molecular formula is C24H29N3O3S. The minimum absolute atomic E-state index is 0.0621. The van der Waals surface area contributed by atoms with Crippen molar-refractivity contribution in [2.75, 3.05) is 24.8 Å². The SMILES string of the molecule is COCCCn1c(SCC(=O)Nc2ccc(C(C)(C)C)cc2)nc2ccccc2c1=O. The second kappa shape index (κ2) is 10.1. The van der Waals surface area contributed by atoms with Gasteiger partial charge < -0.3 is 10.1 Å². The highest BCUT2D eigenvalue weighted by molar-refractivity contribution is 7.99. The first kappa shape index (κ1) is 23.0. The second-order valence-electron chi connectivity index (χ2n) is 8.38. The van der Waals surface area contributed by atoms with E-state index in [9.17, 15) is 9.59 Å². The van der Waals surface area contributed by atoms with E-state index in [1.807, 2.05) is 42.5 Å². The maximum Gasteiger partial charge on any atom is 0.262 e. The van der Waals surface area contributed by atoms with Crippen LogP contribution in [0.1, 0.15) is 32.8 Å². The molecule has 1 N–H and O–H groups in total. The number of hydrogen-bond donors (Lipinski definition) is 1. The van der Waals surface area contributed by atoms with E-state index in [1.54, 1.807) is 17.7 Å². The summed E-state index contributed by atoms with van der Waals surface area (Å²) in [5, 5.41) is 4.04. The minimum atomic E-state index is -0.139. The molecule has 164 valence electrons. The van der Waals surface area contributed by atoms with Crippen molar-refractivity contribution in [2.45, 2.75) is 44.3 Å². The molecule has 0 aliphatic carbocycles. The van der Waals surface area contributed by atoms with Crippen molar-refractivity contribution in [3.8, 4) is 0 Å². The number of nitrogens with zero attached hydrogens (tertiary/aromatic N) is 2. The summed E-state index contributed by atoms with van der Waals surface area (Å²) >= 11 is 1.27. The van der Waals surface area contributed by atoms with Crippen LogP contribution in [0, 0.1) is 0 Å². The molecule has 7 heteroatoms. The summed E-state index contributed by atoms with van der Waals surface area (Å²) in [6.45, 7) is 7.50. The number of fused-ring (bicyclic) bond motifs is 1. The molecule has 2 aromatic carbocycles. The van der Waals surface area contributed by atoms with Crippen molar-refractivity contribution < 1.29 is 9.53 Å². The first-order valence-corrected chi connectivity index (χ1v) is 11.3. The van der Waals surface area contributed by atoms with Crippen molar-refractivity contribution in [1.29, 1.82) is 0 Å². The number of carbonyl (C=O) groups is 1. The van der Waals surface area contributed by atoms with Gasteiger partial charge in [-0.15, -0.1) is 0 Å². The molecule has 0 fully saturated rings. The second-order valence-corrected chi connectivity index (χ2v) is 9.32. The fourth-order valence-electron chi connectivity index (χ4n) is 3.20. The summed E-state index contributed by atoms with van der Waals surface area (Å²) in [5.41, 5.74) is 2.56. The highest BCUT2D eigenvalue weighted by atomic mass is 32.2. The van der Waals surface area contributed by atoms with Gasteiger partial charge in [0.1, 0.15) is 0 Å². The highest BCUT2D eigenvalue weighted by Gasteiger charge is 2.15. The van der Waals surface area contributed by atoms with Crippen LogP contribution < -0.4 is 10.9 Å². The standard InChI is InChI=1S/C24H29N3O3S/c1-24(2,3)17-10-12-18(13-11-17)25-21(28)16-31-23-26-20-9-6-5-8-19(20)22(29)27(23)14-7-15-30-4/h5-6,8-13H,7,14-16H2,1-4H3,(H,25,28). The molecule has 3 aromatic rings. The Morgan fingerprint density at radius 3 is 2.52 bits per heavy atom. The van der Waals surface area contributed by atoms with E-state index in [2.05, 4.69) is 31.1 Å². The molecule has 0 aliphatic rings. The average Bonchev–Trinajstić information content (AvgIpc) is 2.74. The topological polar surface area (TPSA) is 73.2 Å². The fraction of sp³-hybridized carbons (Fsp3) is 0.375. The number of benzene rings is 2. The zero-order chi connectivity index (χ0) is 22.4. The number of carbonyl (C=O) groups excluding carboxylic acids is 1. The van der Waals surface area contributed by atoms with Crippen LogP contribution in [0.3, 0.4) is 0 Å². The van der Waals surface area contributed by atoms with Gasteiger partial charge in [0.25, 0.3) is 5.56 Å². The number of methoxy groups -OCH3 is 1. The summed E-state index contributed by atoms with van der Waals surface area (Å²) in [4.78, 5) is 30.1. The quantitative estimate of drug-likeness (QED) is 0.319. The number of rotatable bonds is 8. The van der Waals surface area contributed by atoms with Gasteiger partial charge in [0, 0.05) is 25.9 Å². The Kier molecular flexibility index (Phi) is 7.51. The van der Waals surface area contributed by atoms with Crippen LogP contribution in [0.25, 0.3) is 10.9 Å². The number of anilines is 1. The Morgan fingerprint density at radius 1 is 1.13 bits per heavy atom. The number of hydrogen-bond acceptors (Lipinski definition) is 5. The fourth-order valence-corrected chi connectivity index (χ4v) is 4.03. The van der Waals surface area contributed by atoms with Crippen molar-refractivity contribution in [2.24, 2.45) is 0 Å². The van der Waals surface area contributed by atoms with Gasteiger partial charge in [-0.3, -0.25) is 14.2 Å². The molecule has 0 radical (unpaired) electrons. The number of nitrogens with one attached hydrogen (secondary N) is 1. The van der Waals surface area contributed by atoms with E-state index in [4.69, 9.17) is 4.74 Å². The molecule has 0 bridgehead atoms. The molecular weight excluding hydrogens is 410 g/mol. The first-order chi connectivity index (χ1) is 14.8. The highest BCUT2D eigenvalue weighted by Crippen LogP contribution is 2.24. The molecule has 0 unspecified atom stereocenters. The average molecular weight is 440 g/mol. The van der Waals surface area contributed by atoms with Gasteiger partial charge in [-0.25, -0.2) is 4.98 Å². The predicted octanol–water partition coefficient (Wildman–Crippen LogP) is 4.46. The molecule has 0 atom stereocenters. The van der Waals surface area contributed by atoms with Crippen LogP contribution in [-0.2, 0) is 21.5 Å². The van der Waals surface area contributed by atoms with E-state index < -0.39 is 0 Å². The molecule has 1 amide bonds. The molecule has 0 saturated heterocycles. The Hall–Kier alpha value is -2.64. The lowest BCUT2D eigenvalue weighted by atomic mass is 9.87. The number of thioether (sulfide) groups is 1. The number of para-hydroxylation sites is 1. The van der Waals surface area contributed by atoms with Crippen LogP contribution in [0.4, 0.5) is 5.69 Å². The van der Waals surface area contributed by atoms with E-state index >= 15 is 0 Å². The Labute approximate surface area is 187 Å². The smallest absolute Gasteiger partial charge is 0.262 e. The minimum Gasteiger partial charge on any atom is -0.385 e. The van der Waals surface area contributed by atoms with Crippen molar-refractivity contribution in [3.05, 3.63) is 64.4 Å². The largest absolute Gasteiger partial charge is 0.385 e.